The van der Waals surface area contributed by atoms with Crippen molar-refractivity contribution in [2.24, 2.45) is 0 Å². The summed E-state index contributed by atoms with van der Waals surface area (Å²) in [6.07, 6.45) is 3.65. The summed E-state index contributed by atoms with van der Waals surface area (Å²) in [6.45, 7) is 7.96. The van der Waals surface area contributed by atoms with Gasteiger partial charge in [0.2, 0.25) is 0 Å². The number of hydrogen-bond acceptors (Lipinski definition) is 5. The van der Waals surface area contributed by atoms with Crippen LogP contribution in [-0.4, -0.2) is 35.2 Å². The van der Waals surface area contributed by atoms with Crippen molar-refractivity contribution in [1.82, 2.24) is 10.3 Å². The molecule has 1 aliphatic carbocycles. The van der Waals surface area contributed by atoms with E-state index >= 15 is 0 Å². The quantitative estimate of drug-likeness (QED) is 0.791. The van der Waals surface area contributed by atoms with Gasteiger partial charge in [-0.25, -0.2) is 0 Å². The number of amides is 1. The molecule has 0 saturated heterocycles. The molecule has 1 fully saturated rings. The lowest BCUT2D eigenvalue weighted by Crippen LogP contribution is -2.49. The van der Waals surface area contributed by atoms with Crippen molar-refractivity contribution in [3.63, 3.8) is 0 Å². The van der Waals surface area contributed by atoms with Gasteiger partial charge in [-0.3, -0.25) is 9.78 Å². The third-order valence-corrected chi connectivity index (χ3v) is 5.31. The maximum absolute atomic E-state index is 12.4. The molecule has 6 heteroatoms. The van der Waals surface area contributed by atoms with E-state index in [1.54, 1.807) is 13.8 Å². The second-order valence-electron chi connectivity index (χ2n) is 8.01. The molecule has 1 aliphatic rings. The fourth-order valence-corrected chi connectivity index (χ4v) is 3.81. The van der Waals surface area contributed by atoms with Crippen molar-refractivity contribution in [2.45, 2.75) is 71.1 Å². The summed E-state index contributed by atoms with van der Waals surface area (Å²) in [5.74, 6) is 0.731. The number of aromatic nitrogens is 1. The first kappa shape index (κ1) is 20.4. The van der Waals surface area contributed by atoms with E-state index in [1.807, 2.05) is 38.1 Å². The predicted molar refractivity (Wildman–Crippen MR) is 111 cm³/mol. The molecular weight excluding hydrogens is 354 g/mol. The molecule has 3 rings (SSSR count). The average molecular weight is 386 g/mol. The van der Waals surface area contributed by atoms with E-state index in [9.17, 15) is 4.79 Å². The van der Waals surface area contributed by atoms with Crippen LogP contribution in [0.15, 0.2) is 24.3 Å². The van der Waals surface area contributed by atoms with Crippen molar-refractivity contribution in [3.8, 4) is 5.75 Å². The third kappa shape index (κ3) is 4.55. The number of anilines is 1. The van der Waals surface area contributed by atoms with Crippen LogP contribution in [-0.2, 0) is 9.53 Å². The molecule has 0 radical (unpaired) electrons. The molecule has 1 aromatic heterocycles. The molecule has 152 valence electrons. The number of hydrogen-bond donors (Lipinski definition) is 2. The molecule has 3 N–H and O–H groups in total. The molecular formula is C22H31N3O3. The number of carbonyl (C=O) groups is 1. The van der Waals surface area contributed by atoms with Gasteiger partial charge in [0.05, 0.1) is 17.0 Å². The SMILES string of the molecule is CCOC(C)(C)C(=O)NC1CCC(Oc2cccc3nc(C)cc(N)c23)CC1. The van der Waals surface area contributed by atoms with Gasteiger partial charge in [-0.1, -0.05) is 6.07 Å². The van der Waals surface area contributed by atoms with Gasteiger partial charge >= 0.3 is 0 Å². The van der Waals surface area contributed by atoms with Crippen LogP contribution in [0.4, 0.5) is 5.69 Å². The Bertz CT molecular complexity index is 842. The van der Waals surface area contributed by atoms with E-state index in [2.05, 4.69) is 10.3 Å². The number of nitrogens with zero attached hydrogens (tertiary/aromatic N) is 1. The number of fused-ring (bicyclic) bond motifs is 1. The maximum atomic E-state index is 12.4. The Morgan fingerprint density at radius 1 is 1.29 bits per heavy atom. The Labute approximate surface area is 166 Å². The fraction of sp³-hybridized carbons (Fsp3) is 0.545. The summed E-state index contributed by atoms with van der Waals surface area (Å²) in [6, 6.07) is 7.90. The number of rotatable bonds is 6. The summed E-state index contributed by atoms with van der Waals surface area (Å²) in [7, 11) is 0. The highest BCUT2D eigenvalue weighted by Crippen LogP contribution is 2.33. The van der Waals surface area contributed by atoms with Crippen LogP contribution >= 0.6 is 0 Å². The third-order valence-electron chi connectivity index (χ3n) is 5.31. The lowest BCUT2D eigenvalue weighted by molar-refractivity contribution is -0.143. The molecule has 0 spiro atoms. The zero-order valence-electron chi connectivity index (χ0n) is 17.2. The Kier molecular flexibility index (Phi) is 6.08. The monoisotopic (exact) mass is 385 g/mol. The van der Waals surface area contributed by atoms with Crippen molar-refractivity contribution >= 4 is 22.5 Å². The molecule has 1 amide bonds. The zero-order chi connectivity index (χ0) is 20.3. The van der Waals surface area contributed by atoms with Gasteiger partial charge in [-0.2, -0.15) is 0 Å². The number of nitrogen functional groups attached to an aromatic ring is 1. The molecule has 0 atom stereocenters. The Hall–Kier alpha value is -2.34. The summed E-state index contributed by atoms with van der Waals surface area (Å²) >= 11 is 0. The van der Waals surface area contributed by atoms with Crippen LogP contribution < -0.4 is 15.8 Å². The first-order chi connectivity index (χ1) is 13.3. The standard InChI is InChI=1S/C22H31N3O3/c1-5-27-22(3,4)21(26)25-15-9-11-16(12-10-15)28-19-8-6-7-18-20(19)17(23)13-14(2)24-18/h6-8,13,15-16H,5,9-12H2,1-4H3,(H2,23,24)(H,25,26). The van der Waals surface area contributed by atoms with Crippen LogP contribution in [0, 0.1) is 6.92 Å². The highest BCUT2D eigenvalue weighted by Gasteiger charge is 2.31. The van der Waals surface area contributed by atoms with Gasteiger partial charge in [-0.05, 0) is 71.6 Å². The van der Waals surface area contributed by atoms with Gasteiger partial charge in [-0.15, -0.1) is 0 Å². The first-order valence-electron chi connectivity index (χ1n) is 10.1. The van der Waals surface area contributed by atoms with Crippen LogP contribution in [0.2, 0.25) is 0 Å². The topological polar surface area (TPSA) is 86.5 Å². The number of benzene rings is 1. The number of carbonyl (C=O) groups excluding carboxylic acids is 1. The molecule has 1 heterocycles. The predicted octanol–water partition coefficient (Wildman–Crippen LogP) is 3.75. The molecule has 28 heavy (non-hydrogen) atoms. The van der Waals surface area contributed by atoms with E-state index in [0.717, 1.165) is 48.0 Å². The lowest BCUT2D eigenvalue weighted by atomic mass is 9.92. The van der Waals surface area contributed by atoms with Crippen LogP contribution in [0.3, 0.4) is 0 Å². The Morgan fingerprint density at radius 3 is 2.68 bits per heavy atom. The van der Waals surface area contributed by atoms with Crippen LogP contribution in [0.25, 0.3) is 10.9 Å². The average Bonchev–Trinajstić information content (AvgIpc) is 2.63. The van der Waals surface area contributed by atoms with Gasteiger partial charge < -0.3 is 20.5 Å². The van der Waals surface area contributed by atoms with Crippen LogP contribution in [0.1, 0.15) is 52.1 Å². The normalized spacial score (nSPS) is 20.1. The lowest BCUT2D eigenvalue weighted by Gasteiger charge is -2.32. The molecule has 1 aromatic carbocycles. The Balaban J connectivity index is 1.61. The number of ether oxygens (including phenoxy) is 2. The second-order valence-corrected chi connectivity index (χ2v) is 8.01. The van der Waals surface area contributed by atoms with E-state index in [1.165, 1.54) is 0 Å². The number of pyridine rings is 1. The van der Waals surface area contributed by atoms with Crippen molar-refractivity contribution < 1.29 is 14.3 Å². The highest BCUT2D eigenvalue weighted by atomic mass is 16.5. The fourth-order valence-electron chi connectivity index (χ4n) is 3.81. The molecule has 2 aromatic rings. The molecule has 0 bridgehead atoms. The van der Waals surface area contributed by atoms with Crippen molar-refractivity contribution in [1.29, 1.82) is 0 Å². The van der Waals surface area contributed by atoms with Crippen LogP contribution in [0.5, 0.6) is 5.75 Å². The number of nitrogens with two attached hydrogens (primary N) is 1. The molecule has 0 unspecified atom stereocenters. The zero-order valence-corrected chi connectivity index (χ0v) is 17.2. The van der Waals surface area contributed by atoms with E-state index in [4.69, 9.17) is 15.2 Å². The van der Waals surface area contributed by atoms with Crippen molar-refractivity contribution in [3.05, 3.63) is 30.0 Å². The van der Waals surface area contributed by atoms with E-state index in [0.29, 0.717) is 12.3 Å². The summed E-state index contributed by atoms with van der Waals surface area (Å²) in [4.78, 5) is 17.0. The minimum Gasteiger partial charge on any atom is -0.490 e. The van der Waals surface area contributed by atoms with Gasteiger partial charge in [0, 0.05) is 24.0 Å². The smallest absolute Gasteiger partial charge is 0.251 e. The van der Waals surface area contributed by atoms with Gasteiger partial charge in [0.15, 0.2) is 0 Å². The summed E-state index contributed by atoms with van der Waals surface area (Å²) < 4.78 is 11.8. The number of aryl methyl sites for hydroxylation is 1. The number of nitrogens with one attached hydrogen (secondary N) is 1. The van der Waals surface area contributed by atoms with E-state index in [-0.39, 0.29) is 18.1 Å². The highest BCUT2D eigenvalue weighted by molar-refractivity contribution is 5.95. The largest absolute Gasteiger partial charge is 0.490 e. The molecule has 0 aliphatic heterocycles. The summed E-state index contributed by atoms with van der Waals surface area (Å²) in [5, 5.41) is 4.00. The van der Waals surface area contributed by atoms with Gasteiger partial charge in [0.1, 0.15) is 11.4 Å². The molecule has 6 nitrogen and oxygen atoms in total. The first-order valence-corrected chi connectivity index (χ1v) is 10.1. The molecule has 1 saturated carbocycles. The summed E-state index contributed by atoms with van der Waals surface area (Å²) in [5.41, 5.74) is 7.87. The van der Waals surface area contributed by atoms with E-state index < -0.39 is 5.60 Å². The minimum absolute atomic E-state index is 0.0537. The minimum atomic E-state index is -0.798. The van der Waals surface area contributed by atoms with Crippen molar-refractivity contribution in [2.75, 3.05) is 12.3 Å². The Morgan fingerprint density at radius 2 is 2.00 bits per heavy atom. The second kappa shape index (κ2) is 8.35. The maximum Gasteiger partial charge on any atom is 0.251 e. The van der Waals surface area contributed by atoms with Gasteiger partial charge in [0.25, 0.3) is 5.91 Å².